The van der Waals surface area contributed by atoms with Gasteiger partial charge >= 0.3 is 0 Å². The molecule has 55 heavy (non-hydrogen) atoms. The van der Waals surface area contributed by atoms with Gasteiger partial charge in [-0.3, -0.25) is 4.79 Å². The third-order valence-corrected chi connectivity index (χ3v) is 9.69. The fraction of sp³-hybridized carbons (Fsp3) is 0.109. The number of para-hydroxylation sites is 1. The maximum atomic E-state index is 16.4. The molecule has 1 atom stereocenters. The number of rotatable bonds is 13. The summed E-state index contributed by atoms with van der Waals surface area (Å²) in [6.45, 7) is 1.99. The monoisotopic (exact) mass is 727 g/mol. The van der Waals surface area contributed by atoms with Crippen molar-refractivity contribution in [1.82, 2.24) is 9.55 Å². The van der Waals surface area contributed by atoms with Crippen molar-refractivity contribution in [3.63, 3.8) is 0 Å². The molecule has 1 unspecified atom stereocenters. The average molecular weight is 728 g/mol. The van der Waals surface area contributed by atoms with E-state index in [-0.39, 0.29) is 11.3 Å². The first-order valence-corrected chi connectivity index (χ1v) is 17.8. The largest absolute Gasteiger partial charge is 0.494 e. The molecular weight excluding hydrogens is 690 g/mol. The van der Waals surface area contributed by atoms with E-state index in [0.717, 1.165) is 22.3 Å². The topological polar surface area (TPSA) is 115 Å². The van der Waals surface area contributed by atoms with Crippen molar-refractivity contribution in [3.05, 3.63) is 203 Å². The Morgan fingerprint density at radius 2 is 1.51 bits per heavy atom. The highest BCUT2D eigenvalue weighted by atomic mass is 19.1. The van der Waals surface area contributed by atoms with Crippen LogP contribution in [0.1, 0.15) is 56.9 Å². The number of aryl methyl sites for hydroxylation is 1. The number of benzene rings is 6. The number of ether oxygens (including phenoxy) is 2. The first-order chi connectivity index (χ1) is 26.9. The van der Waals surface area contributed by atoms with Crippen molar-refractivity contribution in [2.24, 2.45) is 5.73 Å². The van der Waals surface area contributed by atoms with Gasteiger partial charge in [0, 0.05) is 28.6 Å². The third kappa shape index (κ3) is 7.01. The zero-order valence-corrected chi connectivity index (χ0v) is 30.3. The second-order valence-electron chi connectivity index (χ2n) is 12.9. The van der Waals surface area contributed by atoms with Gasteiger partial charge in [-0.15, -0.1) is 0 Å². The molecule has 7 rings (SSSR count). The smallest absolute Gasteiger partial charge is 0.249 e. The molecule has 0 bridgehead atoms. The average Bonchev–Trinajstić information content (AvgIpc) is 3.73. The highest BCUT2D eigenvalue weighted by Gasteiger charge is 2.41. The van der Waals surface area contributed by atoms with Crippen LogP contribution in [0.2, 0.25) is 0 Å². The molecule has 0 aliphatic carbocycles. The van der Waals surface area contributed by atoms with E-state index in [9.17, 15) is 10.1 Å². The fourth-order valence-electron chi connectivity index (χ4n) is 7.02. The molecule has 8 nitrogen and oxygen atoms in total. The standard InChI is InChI=1S/C46H38FN5O3/c1-3-31-26-38(43(47)42(27-31)54-2)45(51-35-24-22-32(28-48)23-25-35)55-41-21-13-12-20-39(41)46(33-14-6-4-7-15-33,34-16-8-5-9-17-34)52-29-40(50-30-52)36-18-10-11-19-37(36)44(49)53/h4-27,29-30,45,51H,3H2,1-2H3,(H2,49,53). The summed E-state index contributed by atoms with van der Waals surface area (Å²) in [6.07, 6.45) is 3.22. The Morgan fingerprint density at radius 1 is 0.873 bits per heavy atom. The van der Waals surface area contributed by atoms with Gasteiger partial charge in [-0.1, -0.05) is 104 Å². The summed E-state index contributed by atoms with van der Waals surface area (Å²) in [7, 11) is 1.44. The molecule has 272 valence electrons. The van der Waals surface area contributed by atoms with Gasteiger partial charge in [0.2, 0.25) is 5.91 Å². The Bertz CT molecular complexity index is 2440. The van der Waals surface area contributed by atoms with Crippen LogP contribution in [-0.4, -0.2) is 22.6 Å². The Labute approximate surface area is 319 Å². The predicted octanol–water partition coefficient (Wildman–Crippen LogP) is 9.26. The summed E-state index contributed by atoms with van der Waals surface area (Å²) in [4.78, 5) is 17.4. The number of methoxy groups -OCH3 is 1. The Hall–Kier alpha value is -7.18. The van der Waals surface area contributed by atoms with Crippen molar-refractivity contribution >= 4 is 11.6 Å². The lowest BCUT2D eigenvalue weighted by Gasteiger charge is -2.38. The first-order valence-electron chi connectivity index (χ1n) is 17.8. The van der Waals surface area contributed by atoms with Gasteiger partial charge in [0.1, 0.15) is 11.3 Å². The van der Waals surface area contributed by atoms with Gasteiger partial charge < -0.3 is 25.1 Å². The number of nitrogens with zero attached hydrogens (tertiary/aromatic N) is 3. The van der Waals surface area contributed by atoms with Gasteiger partial charge in [0.15, 0.2) is 17.8 Å². The normalized spacial score (nSPS) is 11.7. The van der Waals surface area contributed by atoms with Gasteiger partial charge in [0.25, 0.3) is 0 Å². The van der Waals surface area contributed by atoms with Crippen molar-refractivity contribution in [2.75, 3.05) is 12.4 Å². The molecule has 1 heterocycles. The minimum atomic E-state index is -1.10. The van der Waals surface area contributed by atoms with Gasteiger partial charge in [0.05, 0.1) is 36.3 Å². The lowest BCUT2D eigenvalue weighted by molar-refractivity contribution is 0.100. The molecule has 1 amide bonds. The number of hydrogen-bond acceptors (Lipinski definition) is 6. The summed E-state index contributed by atoms with van der Waals surface area (Å²) >= 11 is 0. The summed E-state index contributed by atoms with van der Waals surface area (Å²) in [5.74, 6) is -0.566. The lowest BCUT2D eigenvalue weighted by Crippen LogP contribution is -2.37. The van der Waals surface area contributed by atoms with Gasteiger partial charge in [-0.05, 0) is 71.6 Å². The SMILES string of the molecule is CCc1cc(OC)c(F)c(C(Nc2ccc(C#N)cc2)Oc2ccccc2C(c2ccccc2)(c2ccccc2)n2cnc(-c3ccccc3C(N)=O)c2)c1. The maximum Gasteiger partial charge on any atom is 0.249 e. The zero-order chi connectivity index (χ0) is 38.4. The second-order valence-corrected chi connectivity index (χ2v) is 12.9. The maximum absolute atomic E-state index is 16.4. The number of aromatic nitrogens is 2. The first kappa shape index (κ1) is 36.2. The van der Waals surface area contributed by atoms with Gasteiger partial charge in [-0.25, -0.2) is 9.37 Å². The molecule has 6 aromatic carbocycles. The molecule has 0 aliphatic rings. The molecule has 0 saturated carbocycles. The zero-order valence-electron chi connectivity index (χ0n) is 30.3. The number of nitriles is 1. The number of nitrogens with two attached hydrogens (primary N) is 1. The van der Waals surface area contributed by atoms with Crippen LogP contribution < -0.4 is 20.5 Å². The highest BCUT2D eigenvalue weighted by Crippen LogP contribution is 2.46. The Morgan fingerprint density at radius 3 is 2.15 bits per heavy atom. The van der Waals surface area contributed by atoms with Crippen LogP contribution in [0.3, 0.4) is 0 Å². The van der Waals surface area contributed by atoms with E-state index >= 15 is 4.39 Å². The van der Waals surface area contributed by atoms with Crippen LogP contribution >= 0.6 is 0 Å². The lowest BCUT2D eigenvalue weighted by atomic mass is 9.76. The number of hydrogen-bond donors (Lipinski definition) is 2. The molecule has 0 aliphatic heterocycles. The van der Waals surface area contributed by atoms with E-state index in [1.54, 1.807) is 54.9 Å². The minimum Gasteiger partial charge on any atom is -0.494 e. The number of nitrogens with one attached hydrogen (secondary N) is 1. The van der Waals surface area contributed by atoms with Crippen molar-refractivity contribution in [3.8, 4) is 28.8 Å². The van der Waals surface area contributed by atoms with Crippen LogP contribution in [0.4, 0.5) is 10.1 Å². The fourth-order valence-corrected chi connectivity index (χ4v) is 7.02. The summed E-state index contributed by atoms with van der Waals surface area (Å²) < 4.78 is 30.9. The third-order valence-electron chi connectivity index (χ3n) is 9.69. The molecule has 0 radical (unpaired) electrons. The molecule has 9 heteroatoms. The molecular formula is C46H38FN5O3. The van der Waals surface area contributed by atoms with Crippen LogP contribution in [0, 0.1) is 17.1 Å². The van der Waals surface area contributed by atoms with Crippen molar-refractivity contribution in [1.29, 1.82) is 5.26 Å². The Balaban J connectivity index is 1.47. The molecule has 0 spiro atoms. The van der Waals surface area contributed by atoms with Gasteiger partial charge in [-0.2, -0.15) is 5.26 Å². The molecule has 7 aromatic rings. The highest BCUT2D eigenvalue weighted by molar-refractivity contribution is 5.99. The van der Waals surface area contributed by atoms with E-state index in [0.29, 0.717) is 40.2 Å². The van der Waals surface area contributed by atoms with E-state index < -0.39 is 23.5 Å². The summed E-state index contributed by atoms with van der Waals surface area (Å²) in [5.41, 5.74) is 10.9. The van der Waals surface area contributed by atoms with Crippen molar-refractivity contribution < 1.29 is 18.7 Å². The summed E-state index contributed by atoms with van der Waals surface area (Å²) in [5, 5.41) is 12.8. The van der Waals surface area contributed by atoms with E-state index in [2.05, 4.69) is 11.4 Å². The van der Waals surface area contributed by atoms with Crippen LogP contribution in [0.25, 0.3) is 11.3 Å². The molecule has 1 aromatic heterocycles. The quantitative estimate of drug-likeness (QED) is 0.0904. The van der Waals surface area contributed by atoms with Crippen molar-refractivity contribution in [2.45, 2.75) is 25.1 Å². The molecule has 3 N–H and O–H groups in total. The number of amides is 1. The number of imidazole rings is 1. The summed E-state index contributed by atoms with van der Waals surface area (Å²) in [6, 6.07) is 47.3. The predicted molar refractivity (Wildman–Crippen MR) is 211 cm³/mol. The minimum absolute atomic E-state index is 0.1000. The number of carbonyl (C=O) groups is 1. The number of halogens is 1. The number of anilines is 1. The van der Waals surface area contributed by atoms with Crippen LogP contribution in [-0.2, 0) is 12.0 Å². The van der Waals surface area contributed by atoms with E-state index in [1.165, 1.54) is 7.11 Å². The van der Waals surface area contributed by atoms with Crippen LogP contribution in [0.15, 0.2) is 158 Å². The number of primary amides is 1. The Kier molecular flexibility index (Phi) is 10.4. The van der Waals surface area contributed by atoms with E-state index in [4.69, 9.17) is 20.2 Å². The number of carbonyl (C=O) groups excluding carboxylic acids is 1. The second kappa shape index (κ2) is 15.8. The van der Waals surface area contributed by atoms with E-state index in [1.807, 2.05) is 115 Å². The molecule has 0 saturated heterocycles. The van der Waals surface area contributed by atoms with Crippen LogP contribution in [0.5, 0.6) is 11.5 Å². The molecule has 0 fully saturated rings.